The summed E-state index contributed by atoms with van der Waals surface area (Å²) in [5.41, 5.74) is 8.71. The van der Waals surface area contributed by atoms with Gasteiger partial charge in [0.2, 0.25) is 0 Å². The second kappa shape index (κ2) is 7.96. The first-order valence-corrected chi connectivity index (χ1v) is 8.85. The molecule has 138 valence electrons. The first-order chi connectivity index (χ1) is 12.9. The number of carbonyl (C=O) groups is 2. The van der Waals surface area contributed by atoms with E-state index in [1.807, 2.05) is 6.92 Å². The van der Waals surface area contributed by atoms with Gasteiger partial charge >= 0.3 is 5.97 Å². The Morgan fingerprint density at radius 3 is 2.67 bits per heavy atom. The number of hydrogen-bond acceptors (Lipinski definition) is 6. The zero-order valence-electron chi connectivity index (χ0n) is 14.4. The summed E-state index contributed by atoms with van der Waals surface area (Å²) in [5.74, 6) is -1.48. The van der Waals surface area contributed by atoms with Gasteiger partial charge in [-0.3, -0.25) is 10.1 Å². The Bertz CT molecular complexity index is 986. The summed E-state index contributed by atoms with van der Waals surface area (Å²) >= 11 is 1.22. The van der Waals surface area contributed by atoms with Crippen molar-refractivity contribution < 1.29 is 18.7 Å². The van der Waals surface area contributed by atoms with E-state index in [0.717, 1.165) is 11.1 Å². The van der Waals surface area contributed by atoms with Gasteiger partial charge in [-0.1, -0.05) is 6.07 Å². The van der Waals surface area contributed by atoms with E-state index in [2.05, 4.69) is 10.3 Å². The van der Waals surface area contributed by atoms with Gasteiger partial charge in [-0.25, -0.2) is 14.2 Å². The first-order valence-electron chi connectivity index (χ1n) is 7.97. The zero-order chi connectivity index (χ0) is 19.4. The van der Waals surface area contributed by atoms with Crippen molar-refractivity contribution in [1.82, 2.24) is 4.98 Å². The Hall–Kier alpha value is -3.26. The van der Waals surface area contributed by atoms with Crippen molar-refractivity contribution >= 4 is 34.0 Å². The second-order valence-electron chi connectivity index (χ2n) is 5.74. The van der Waals surface area contributed by atoms with Gasteiger partial charge in [-0.05, 0) is 48.9 Å². The van der Waals surface area contributed by atoms with Gasteiger partial charge in [0.05, 0.1) is 11.3 Å². The molecule has 0 fully saturated rings. The van der Waals surface area contributed by atoms with Crippen molar-refractivity contribution in [3.63, 3.8) is 0 Å². The monoisotopic (exact) mass is 385 g/mol. The van der Waals surface area contributed by atoms with Crippen LogP contribution >= 0.6 is 11.3 Å². The summed E-state index contributed by atoms with van der Waals surface area (Å²) in [7, 11) is 0. The maximum Gasteiger partial charge on any atom is 0.338 e. The molecule has 3 rings (SSSR count). The van der Waals surface area contributed by atoms with Crippen LogP contribution in [0.25, 0.3) is 11.3 Å². The first kappa shape index (κ1) is 18.5. The minimum Gasteiger partial charge on any atom is -0.452 e. The molecule has 0 radical (unpaired) electrons. The minimum absolute atomic E-state index is 0.277. The zero-order valence-corrected chi connectivity index (χ0v) is 15.2. The minimum atomic E-state index is -0.636. The number of esters is 1. The smallest absolute Gasteiger partial charge is 0.338 e. The highest BCUT2D eigenvalue weighted by Gasteiger charge is 2.13. The molecule has 0 spiro atoms. The van der Waals surface area contributed by atoms with E-state index >= 15 is 0 Å². The summed E-state index contributed by atoms with van der Waals surface area (Å²) < 4.78 is 18.0. The van der Waals surface area contributed by atoms with Crippen molar-refractivity contribution in [1.29, 1.82) is 0 Å². The molecule has 3 N–H and O–H groups in total. The van der Waals surface area contributed by atoms with E-state index in [9.17, 15) is 14.0 Å². The fourth-order valence-electron chi connectivity index (χ4n) is 2.22. The Morgan fingerprint density at radius 2 is 1.96 bits per heavy atom. The Labute approximate surface area is 158 Å². The fourth-order valence-corrected chi connectivity index (χ4v) is 2.96. The number of nitrogen functional groups attached to an aromatic ring is 1. The predicted molar refractivity (Wildman–Crippen MR) is 102 cm³/mol. The van der Waals surface area contributed by atoms with Crippen LogP contribution in [-0.2, 0) is 9.53 Å². The summed E-state index contributed by atoms with van der Waals surface area (Å²) in [6.07, 6.45) is 0. The van der Waals surface area contributed by atoms with Crippen LogP contribution in [0, 0.1) is 12.7 Å². The van der Waals surface area contributed by atoms with Crippen LogP contribution < -0.4 is 11.1 Å². The van der Waals surface area contributed by atoms with Crippen molar-refractivity contribution in [3.05, 3.63) is 64.8 Å². The highest BCUT2D eigenvalue weighted by molar-refractivity contribution is 7.14. The van der Waals surface area contributed by atoms with E-state index in [-0.39, 0.29) is 11.4 Å². The van der Waals surface area contributed by atoms with Crippen LogP contribution in [0.15, 0.2) is 47.8 Å². The normalized spacial score (nSPS) is 10.4. The summed E-state index contributed by atoms with van der Waals surface area (Å²) in [5, 5.41) is 4.66. The molecular formula is C19H16FN3O3S. The van der Waals surface area contributed by atoms with E-state index in [0.29, 0.717) is 16.5 Å². The quantitative estimate of drug-likeness (QED) is 0.517. The van der Waals surface area contributed by atoms with Gasteiger partial charge in [0.15, 0.2) is 11.7 Å². The van der Waals surface area contributed by atoms with Crippen molar-refractivity contribution in [3.8, 4) is 11.3 Å². The van der Waals surface area contributed by atoms with E-state index in [4.69, 9.17) is 10.5 Å². The number of rotatable bonds is 5. The number of nitrogens with two attached hydrogens (primary N) is 1. The molecule has 6 nitrogen and oxygen atoms in total. The van der Waals surface area contributed by atoms with Crippen LogP contribution in [0.2, 0.25) is 0 Å². The molecule has 0 aliphatic heterocycles. The van der Waals surface area contributed by atoms with Gasteiger partial charge in [-0.15, -0.1) is 11.3 Å². The Morgan fingerprint density at radius 1 is 1.22 bits per heavy atom. The van der Waals surface area contributed by atoms with Gasteiger partial charge in [0.1, 0.15) is 5.82 Å². The third-order valence-electron chi connectivity index (χ3n) is 3.74. The fraction of sp³-hybridized carbons (Fsp3) is 0.105. The third-order valence-corrected chi connectivity index (χ3v) is 4.50. The number of thiazole rings is 1. The van der Waals surface area contributed by atoms with Gasteiger partial charge in [0.25, 0.3) is 5.91 Å². The molecule has 0 bridgehead atoms. The number of amides is 1. The number of nitrogens with one attached hydrogen (secondary N) is 1. The van der Waals surface area contributed by atoms with Crippen LogP contribution in [0.4, 0.5) is 15.2 Å². The molecule has 1 amide bonds. The Kier molecular flexibility index (Phi) is 5.46. The van der Waals surface area contributed by atoms with Crippen LogP contribution in [0.1, 0.15) is 15.9 Å². The molecule has 1 heterocycles. The predicted octanol–water partition coefficient (Wildman–Crippen LogP) is 3.64. The number of aromatic nitrogens is 1. The van der Waals surface area contributed by atoms with Crippen LogP contribution in [-0.4, -0.2) is 23.5 Å². The number of carbonyl (C=O) groups excluding carboxylic acids is 2. The third kappa shape index (κ3) is 4.68. The molecule has 0 saturated heterocycles. The number of benzene rings is 2. The molecule has 0 aliphatic carbocycles. The molecular weight excluding hydrogens is 369 g/mol. The van der Waals surface area contributed by atoms with Crippen LogP contribution in [0.5, 0.6) is 0 Å². The number of hydrogen-bond donors (Lipinski definition) is 2. The summed E-state index contributed by atoms with van der Waals surface area (Å²) in [4.78, 5) is 28.2. The van der Waals surface area contributed by atoms with Gasteiger partial charge in [0, 0.05) is 16.6 Å². The number of aryl methyl sites for hydroxylation is 1. The largest absolute Gasteiger partial charge is 0.452 e. The second-order valence-corrected chi connectivity index (χ2v) is 6.60. The average molecular weight is 385 g/mol. The average Bonchev–Trinajstić information content (AvgIpc) is 3.11. The molecule has 0 atom stereocenters. The van der Waals surface area contributed by atoms with Crippen LogP contribution in [0.3, 0.4) is 0 Å². The number of nitrogens with zero attached hydrogens (tertiary/aromatic N) is 1. The lowest BCUT2D eigenvalue weighted by molar-refractivity contribution is -0.119. The lowest BCUT2D eigenvalue weighted by Crippen LogP contribution is -2.21. The van der Waals surface area contributed by atoms with Crippen molar-refractivity contribution in [2.75, 3.05) is 17.7 Å². The maximum absolute atomic E-state index is 13.0. The SMILES string of the molecule is Cc1ccc(C(=O)OCC(=O)Nc2nc(-c3ccc(F)cc3)cs2)cc1N. The molecule has 27 heavy (non-hydrogen) atoms. The topological polar surface area (TPSA) is 94.3 Å². The number of anilines is 2. The lowest BCUT2D eigenvalue weighted by Gasteiger charge is -2.06. The molecule has 3 aromatic rings. The number of halogens is 1. The summed E-state index contributed by atoms with van der Waals surface area (Å²) in [6, 6.07) is 10.7. The highest BCUT2D eigenvalue weighted by atomic mass is 32.1. The van der Waals surface area contributed by atoms with Gasteiger partial charge < -0.3 is 10.5 Å². The van der Waals surface area contributed by atoms with Crippen molar-refractivity contribution in [2.24, 2.45) is 0 Å². The molecule has 2 aromatic carbocycles. The maximum atomic E-state index is 13.0. The van der Waals surface area contributed by atoms with Crippen molar-refractivity contribution in [2.45, 2.75) is 6.92 Å². The standard InChI is InChI=1S/C19H16FN3O3S/c1-11-2-3-13(8-15(11)21)18(25)26-9-17(24)23-19-22-16(10-27-19)12-4-6-14(20)7-5-12/h2-8,10H,9,21H2,1H3,(H,22,23,24). The van der Waals surface area contributed by atoms with E-state index in [1.165, 1.54) is 29.5 Å². The van der Waals surface area contributed by atoms with E-state index in [1.54, 1.807) is 29.6 Å². The Balaban J connectivity index is 1.55. The van der Waals surface area contributed by atoms with E-state index < -0.39 is 18.5 Å². The molecule has 1 aromatic heterocycles. The highest BCUT2D eigenvalue weighted by Crippen LogP contribution is 2.25. The number of ether oxygens (including phenoxy) is 1. The molecule has 0 aliphatic rings. The lowest BCUT2D eigenvalue weighted by atomic mass is 10.1. The summed E-state index contributed by atoms with van der Waals surface area (Å²) in [6.45, 7) is 1.38. The molecule has 0 unspecified atom stereocenters. The molecule has 0 saturated carbocycles. The molecule has 8 heteroatoms. The van der Waals surface area contributed by atoms with Gasteiger partial charge in [-0.2, -0.15) is 0 Å².